The Bertz CT molecular complexity index is 502. The largest absolute Gasteiger partial charge is 0.493 e. The molecule has 0 radical (unpaired) electrons. The molecule has 21 heavy (non-hydrogen) atoms. The van der Waals surface area contributed by atoms with Gasteiger partial charge in [-0.05, 0) is 17.7 Å². The molecule has 1 amide bonds. The first-order valence-corrected chi connectivity index (χ1v) is 7.34. The predicted octanol–water partition coefficient (Wildman–Crippen LogP) is 1.93. The molecule has 0 aliphatic carbocycles. The smallest absolute Gasteiger partial charge is 0.223 e. The molecule has 0 saturated carbocycles. The highest BCUT2D eigenvalue weighted by Gasteiger charge is 2.24. The third-order valence-electron chi connectivity index (χ3n) is 3.69. The molecular weight excluding hydrogens is 268 g/mol. The van der Waals surface area contributed by atoms with Crippen LogP contribution in [-0.4, -0.2) is 26.2 Å². The summed E-state index contributed by atoms with van der Waals surface area (Å²) in [7, 11) is 1.63. The van der Waals surface area contributed by atoms with Crippen molar-refractivity contribution in [2.45, 2.75) is 32.4 Å². The number of nitrogens with two attached hydrogens (primary N) is 1. The van der Waals surface area contributed by atoms with Gasteiger partial charge in [-0.1, -0.05) is 19.9 Å². The van der Waals surface area contributed by atoms with Crippen LogP contribution in [0.25, 0.3) is 0 Å². The second-order valence-electron chi connectivity index (χ2n) is 5.71. The minimum atomic E-state index is -0.177. The van der Waals surface area contributed by atoms with Crippen LogP contribution in [-0.2, 0) is 9.53 Å². The van der Waals surface area contributed by atoms with Crippen LogP contribution in [0.4, 0.5) is 0 Å². The van der Waals surface area contributed by atoms with Gasteiger partial charge in [0.25, 0.3) is 0 Å². The minimum absolute atomic E-state index is 0.0154. The van der Waals surface area contributed by atoms with E-state index in [1.165, 1.54) is 0 Å². The molecule has 1 aliphatic rings. The highest BCUT2D eigenvalue weighted by atomic mass is 16.5. The summed E-state index contributed by atoms with van der Waals surface area (Å²) in [5.41, 5.74) is 8.07. The summed E-state index contributed by atoms with van der Waals surface area (Å²) >= 11 is 0. The van der Waals surface area contributed by atoms with Crippen molar-refractivity contribution < 1.29 is 14.3 Å². The minimum Gasteiger partial charge on any atom is -0.493 e. The standard InChI is InChI=1S/C16H24N2O3/c1-10(2)16(19)18-14-6-7-21-15-5-4-11(8-12(14)15)13(17)9-20-3/h4-5,8,10,13-14H,6-7,9,17H2,1-3H3,(H,18,19). The Morgan fingerprint density at radius 1 is 1.52 bits per heavy atom. The normalized spacial score (nSPS) is 18.8. The summed E-state index contributed by atoms with van der Waals surface area (Å²) in [6.07, 6.45) is 0.772. The summed E-state index contributed by atoms with van der Waals surface area (Å²) in [6.45, 7) is 4.85. The molecule has 116 valence electrons. The van der Waals surface area contributed by atoms with Crippen molar-refractivity contribution in [3.63, 3.8) is 0 Å². The molecule has 1 heterocycles. The number of hydrogen-bond donors (Lipinski definition) is 2. The SMILES string of the molecule is COCC(N)c1ccc2c(c1)C(NC(=O)C(C)C)CCO2. The van der Waals surface area contributed by atoms with E-state index in [2.05, 4.69) is 5.32 Å². The predicted molar refractivity (Wildman–Crippen MR) is 81.1 cm³/mol. The molecule has 2 unspecified atom stereocenters. The number of carbonyl (C=O) groups is 1. The summed E-state index contributed by atoms with van der Waals surface area (Å²) in [4.78, 5) is 11.9. The van der Waals surface area contributed by atoms with Gasteiger partial charge >= 0.3 is 0 Å². The molecule has 0 saturated heterocycles. The van der Waals surface area contributed by atoms with Gasteiger partial charge in [0.15, 0.2) is 0 Å². The van der Waals surface area contributed by atoms with Crippen molar-refractivity contribution in [3.05, 3.63) is 29.3 Å². The maximum absolute atomic E-state index is 11.9. The second kappa shape index (κ2) is 6.91. The number of nitrogens with one attached hydrogen (secondary N) is 1. The zero-order valence-electron chi connectivity index (χ0n) is 12.9. The molecule has 5 nitrogen and oxygen atoms in total. The molecule has 3 N–H and O–H groups in total. The van der Waals surface area contributed by atoms with E-state index in [1.807, 2.05) is 32.0 Å². The quantitative estimate of drug-likeness (QED) is 0.869. The second-order valence-corrected chi connectivity index (χ2v) is 5.71. The van der Waals surface area contributed by atoms with E-state index in [-0.39, 0.29) is 23.9 Å². The van der Waals surface area contributed by atoms with E-state index < -0.39 is 0 Å². The number of ether oxygens (including phenoxy) is 2. The average Bonchev–Trinajstić information content (AvgIpc) is 2.47. The Balaban J connectivity index is 2.23. The number of amides is 1. The van der Waals surface area contributed by atoms with Crippen LogP contribution in [0.15, 0.2) is 18.2 Å². The van der Waals surface area contributed by atoms with Gasteiger partial charge in [0.1, 0.15) is 5.75 Å². The van der Waals surface area contributed by atoms with Gasteiger partial charge in [-0.2, -0.15) is 0 Å². The topological polar surface area (TPSA) is 73.6 Å². The van der Waals surface area contributed by atoms with Crippen molar-refractivity contribution in [1.82, 2.24) is 5.32 Å². The summed E-state index contributed by atoms with van der Waals surface area (Å²) in [5, 5.41) is 3.08. The fraction of sp³-hybridized carbons (Fsp3) is 0.562. The Labute approximate surface area is 125 Å². The molecule has 0 fully saturated rings. The Kier molecular flexibility index (Phi) is 5.20. The van der Waals surface area contributed by atoms with Crippen LogP contribution in [0, 0.1) is 5.92 Å². The van der Waals surface area contributed by atoms with Crippen LogP contribution in [0.3, 0.4) is 0 Å². The van der Waals surface area contributed by atoms with Crippen LogP contribution in [0.1, 0.15) is 43.5 Å². The number of carbonyl (C=O) groups excluding carboxylic acids is 1. The molecule has 0 bridgehead atoms. The Morgan fingerprint density at radius 3 is 2.95 bits per heavy atom. The van der Waals surface area contributed by atoms with Gasteiger partial charge in [0, 0.05) is 25.0 Å². The molecule has 1 aromatic carbocycles. The highest BCUT2D eigenvalue weighted by molar-refractivity contribution is 5.78. The summed E-state index contributed by atoms with van der Waals surface area (Å²) in [6, 6.07) is 5.70. The molecule has 1 aliphatic heterocycles. The average molecular weight is 292 g/mol. The lowest BCUT2D eigenvalue weighted by Gasteiger charge is -2.28. The lowest BCUT2D eigenvalue weighted by Crippen LogP contribution is -2.34. The van der Waals surface area contributed by atoms with E-state index in [1.54, 1.807) is 7.11 Å². The fourth-order valence-corrected chi connectivity index (χ4v) is 2.41. The highest BCUT2D eigenvalue weighted by Crippen LogP contribution is 2.34. The lowest BCUT2D eigenvalue weighted by molar-refractivity contribution is -0.124. The maximum atomic E-state index is 11.9. The van der Waals surface area contributed by atoms with E-state index in [4.69, 9.17) is 15.2 Å². The van der Waals surface area contributed by atoms with Gasteiger partial charge in [0.05, 0.1) is 25.3 Å². The Morgan fingerprint density at radius 2 is 2.29 bits per heavy atom. The van der Waals surface area contributed by atoms with Gasteiger partial charge < -0.3 is 20.5 Å². The molecule has 5 heteroatoms. The van der Waals surface area contributed by atoms with Crippen LogP contribution in [0.2, 0.25) is 0 Å². The van der Waals surface area contributed by atoms with E-state index in [9.17, 15) is 4.79 Å². The van der Waals surface area contributed by atoms with Crippen molar-refractivity contribution in [2.24, 2.45) is 11.7 Å². The zero-order chi connectivity index (χ0) is 15.4. The zero-order valence-corrected chi connectivity index (χ0v) is 12.9. The monoisotopic (exact) mass is 292 g/mol. The number of benzene rings is 1. The van der Waals surface area contributed by atoms with Crippen molar-refractivity contribution >= 4 is 5.91 Å². The van der Waals surface area contributed by atoms with Crippen molar-refractivity contribution in [1.29, 1.82) is 0 Å². The fourth-order valence-electron chi connectivity index (χ4n) is 2.41. The van der Waals surface area contributed by atoms with Crippen molar-refractivity contribution in [3.8, 4) is 5.75 Å². The third kappa shape index (κ3) is 3.74. The first-order chi connectivity index (χ1) is 10.0. The molecular formula is C16H24N2O3. The van der Waals surface area contributed by atoms with E-state index in [0.717, 1.165) is 23.3 Å². The Hall–Kier alpha value is -1.59. The number of rotatable bonds is 5. The van der Waals surface area contributed by atoms with Gasteiger partial charge in [-0.15, -0.1) is 0 Å². The van der Waals surface area contributed by atoms with Crippen LogP contribution >= 0.6 is 0 Å². The molecule has 0 aromatic heterocycles. The van der Waals surface area contributed by atoms with E-state index in [0.29, 0.717) is 13.2 Å². The number of fused-ring (bicyclic) bond motifs is 1. The van der Waals surface area contributed by atoms with Gasteiger partial charge in [-0.3, -0.25) is 4.79 Å². The first kappa shape index (κ1) is 15.8. The van der Waals surface area contributed by atoms with E-state index >= 15 is 0 Å². The summed E-state index contributed by atoms with van der Waals surface area (Å²) < 4.78 is 10.8. The van der Waals surface area contributed by atoms with Crippen molar-refractivity contribution in [2.75, 3.05) is 20.3 Å². The number of methoxy groups -OCH3 is 1. The molecule has 1 aromatic rings. The molecule has 2 atom stereocenters. The molecule has 2 rings (SSSR count). The lowest BCUT2D eigenvalue weighted by atomic mass is 9.95. The maximum Gasteiger partial charge on any atom is 0.223 e. The molecule has 0 spiro atoms. The first-order valence-electron chi connectivity index (χ1n) is 7.34. The van der Waals surface area contributed by atoms with Gasteiger partial charge in [0.2, 0.25) is 5.91 Å². The third-order valence-corrected chi connectivity index (χ3v) is 3.69. The summed E-state index contributed by atoms with van der Waals surface area (Å²) in [5.74, 6) is 0.846. The number of hydrogen-bond acceptors (Lipinski definition) is 4. The van der Waals surface area contributed by atoms with Crippen LogP contribution in [0.5, 0.6) is 5.75 Å². The van der Waals surface area contributed by atoms with Crippen LogP contribution < -0.4 is 15.8 Å². The van der Waals surface area contributed by atoms with Gasteiger partial charge in [-0.25, -0.2) is 0 Å².